The predicted molar refractivity (Wildman–Crippen MR) is 120 cm³/mol. The minimum absolute atomic E-state index is 0.118. The maximum atomic E-state index is 12.7. The lowest BCUT2D eigenvalue weighted by molar-refractivity contribution is 0.601. The first-order valence-corrected chi connectivity index (χ1v) is 12.3. The molecule has 30 heavy (non-hydrogen) atoms. The second-order valence-corrected chi connectivity index (χ2v) is 10.5. The van der Waals surface area contributed by atoms with Crippen LogP contribution in [0.2, 0.25) is 5.02 Å². The number of hydrogen-bond acceptors (Lipinski definition) is 7. The predicted octanol–water partition coefficient (Wildman–Crippen LogP) is 4.21. The molecule has 4 rings (SSSR count). The summed E-state index contributed by atoms with van der Waals surface area (Å²) in [7, 11) is -3.77. The fourth-order valence-corrected chi connectivity index (χ4v) is 5.61. The Balaban J connectivity index is 1.56. The topological polar surface area (TPSA) is 93.4 Å². The lowest BCUT2D eigenvalue weighted by Gasteiger charge is -2.12. The van der Waals surface area contributed by atoms with Gasteiger partial charge in [0.15, 0.2) is 0 Å². The zero-order chi connectivity index (χ0) is 21.3. The summed E-state index contributed by atoms with van der Waals surface area (Å²) in [5.41, 5.74) is 0.810. The standard InChI is InChI=1S/C19H15ClN4O3S3/c1-12-22-24-18(25)10-14(21-19(24)29-12)11-28-17-5-3-2-4-16(17)23-30(26,27)15-8-6-13(20)7-9-15/h2-10,23H,11H2,1H3. The Morgan fingerprint density at radius 3 is 2.67 bits per heavy atom. The van der Waals surface area contributed by atoms with E-state index in [-0.39, 0.29) is 10.5 Å². The average molecular weight is 479 g/mol. The number of anilines is 1. The van der Waals surface area contributed by atoms with E-state index < -0.39 is 10.0 Å². The highest BCUT2D eigenvalue weighted by Gasteiger charge is 2.16. The van der Waals surface area contributed by atoms with Gasteiger partial charge in [0.05, 0.1) is 16.3 Å². The van der Waals surface area contributed by atoms with Crippen LogP contribution in [0.4, 0.5) is 5.69 Å². The monoisotopic (exact) mass is 478 g/mol. The number of para-hydroxylation sites is 1. The highest BCUT2D eigenvalue weighted by Crippen LogP contribution is 2.31. The van der Waals surface area contributed by atoms with Crippen molar-refractivity contribution in [3.05, 3.63) is 80.7 Å². The molecular formula is C19H15ClN4O3S3. The zero-order valence-electron chi connectivity index (χ0n) is 15.6. The number of hydrogen-bond donors (Lipinski definition) is 1. The van der Waals surface area contributed by atoms with Gasteiger partial charge < -0.3 is 0 Å². The second-order valence-electron chi connectivity index (χ2n) is 6.25. The van der Waals surface area contributed by atoms with Crippen LogP contribution < -0.4 is 10.3 Å². The molecule has 0 aliphatic heterocycles. The van der Waals surface area contributed by atoms with E-state index >= 15 is 0 Å². The first-order valence-electron chi connectivity index (χ1n) is 8.68. The van der Waals surface area contributed by atoms with Crippen molar-refractivity contribution < 1.29 is 8.42 Å². The van der Waals surface area contributed by atoms with Gasteiger partial charge in [0.25, 0.3) is 15.6 Å². The molecule has 7 nitrogen and oxygen atoms in total. The molecular weight excluding hydrogens is 464 g/mol. The summed E-state index contributed by atoms with van der Waals surface area (Å²) in [6.07, 6.45) is 0. The van der Waals surface area contributed by atoms with Gasteiger partial charge in [-0.3, -0.25) is 9.52 Å². The van der Waals surface area contributed by atoms with E-state index in [9.17, 15) is 13.2 Å². The molecule has 2 aromatic carbocycles. The van der Waals surface area contributed by atoms with Gasteiger partial charge in [0.2, 0.25) is 4.96 Å². The normalized spacial score (nSPS) is 11.7. The number of nitrogens with zero attached hydrogens (tertiary/aromatic N) is 3. The summed E-state index contributed by atoms with van der Waals surface area (Å²) >= 11 is 8.57. The van der Waals surface area contributed by atoms with Crippen molar-refractivity contribution in [1.82, 2.24) is 14.6 Å². The number of benzene rings is 2. The Morgan fingerprint density at radius 2 is 1.90 bits per heavy atom. The number of nitrogens with one attached hydrogen (secondary N) is 1. The molecule has 0 unspecified atom stereocenters. The van der Waals surface area contributed by atoms with Crippen molar-refractivity contribution in [3.8, 4) is 0 Å². The highest BCUT2D eigenvalue weighted by molar-refractivity contribution is 7.98. The SMILES string of the molecule is Cc1nn2c(=O)cc(CSc3ccccc3NS(=O)(=O)c3ccc(Cl)cc3)nc2s1. The minimum atomic E-state index is -3.77. The van der Waals surface area contributed by atoms with Gasteiger partial charge >= 0.3 is 0 Å². The van der Waals surface area contributed by atoms with E-state index in [0.717, 1.165) is 9.90 Å². The van der Waals surface area contributed by atoms with Gasteiger partial charge in [-0.05, 0) is 43.3 Å². The van der Waals surface area contributed by atoms with Crippen LogP contribution in [-0.2, 0) is 15.8 Å². The van der Waals surface area contributed by atoms with Crippen LogP contribution in [0.25, 0.3) is 4.96 Å². The van der Waals surface area contributed by atoms with Gasteiger partial charge in [0.1, 0.15) is 5.01 Å². The fraction of sp³-hybridized carbons (Fsp3) is 0.105. The van der Waals surface area contributed by atoms with Gasteiger partial charge in [0, 0.05) is 21.7 Å². The highest BCUT2D eigenvalue weighted by atomic mass is 35.5. The molecule has 11 heteroatoms. The van der Waals surface area contributed by atoms with Crippen LogP contribution in [-0.4, -0.2) is 23.0 Å². The number of halogens is 1. The number of thioether (sulfide) groups is 1. The molecule has 0 aliphatic rings. The molecule has 4 aromatic rings. The van der Waals surface area contributed by atoms with Crippen molar-refractivity contribution in [2.75, 3.05) is 4.72 Å². The van der Waals surface area contributed by atoms with Gasteiger partial charge in [-0.1, -0.05) is 35.1 Å². The molecule has 0 saturated carbocycles. The third-order valence-corrected chi connectivity index (χ3v) is 7.59. The maximum absolute atomic E-state index is 12.7. The number of aryl methyl sites for hydroxylation is 1. The van der Waals surface area contributed by atoms with E-state index in [1.165, 1.54) is 57.9 Å². The average Bonchev–Trinajstić information content (AvgIpc) is 3.08. The Labute approximate surface area is 185 Å². The number of rotatable bonds is 6. The molecule has 0 saturated heterocycles. The molecule has 0 spiro atoms. The Morgan fingerprint density at radius 1 is 1.17 bits per heavy atom. The van der Waals surface area contributed by atoms with Crippen LogP contribution >= 0.6 is 34.7 Å². The fourth-order valence-electron chi connectivity index (χ4n) is 2.67. The van der Waals surface area contributed by atoms with Crippen LogP contribution in [0.3, 0.4) is 0 Å². The maximum Gasteiger partial charge on any atom is 0.275 e. The molecule has 0 amide bonds. The van der Waals surface area contributed by atoms with Crippen LogP contribution in [0, 0.1) is 6.92 Å². The van der Waals surface area contributed by atoms with Crippen molar-refractivity contribution >= 4 is 55.4 Å². The van der Waals surface area contributed by atoms with Crippen molar-refractivity contribution in [2.24, 2.45) is 0 Å². The van der Waals surface area contributed by atoms with E-state index in [1.807, 2.05) is 19.1 Å². The van der Waals surface area contributed by atoms with E-state index in [4.69, 9.17) is 11.6 Å². The molecule has 2 heterocycles. The third kappa shape index (κ3) is 4.51. The smallest absolute Gasteiger partial charge is 0.275 e. The molecule has 1 N–H and O–H groups in total. The van der Waals surface area contributed by atoms with Gasteiger partial charge in [-0.2, -0.15) is 9.61 Å². The molecule has 154 valence electrons. The van der Waals surface area contributed by atoms with E-state index in [2.05, 4.69) is 14.8 Å². The summed E-state index contributed by atoms with van der Waals surface area (Å²) in [5, 5.41) is 5.34. The largest absolute Gasteiger partial charge is 0.278 e. The quantitative estimate of drug-likeness (QED) is 0.417. The van der Waals surface area contributed by atoms with Crippen molar-refractivity contribution in [2.45, 2.75) is 22.5 Å². The number of fused-ring (bicyclic) bond motifs is 1. The summed E-state index contributed by atoms with van der Waals surface area (Å²) in [6.45, 7) is 1.82. The van der Waals surface area contributed by atoms with Crippen LogP contribution in [0.1, 0.15) is 10.7 Å². The van der Waals surface area contributed by atoms with Crippen molar-refractivity contribution in [3.63, 3.8) is 0 Å². The summed E-state index contributed by atoms with van der Waals surface area (Å²) in [6, 6.07) is 14.5. The lowest BCUT2D eigenvalue weighted by Crippen LogP contribution is -2.15. The number of aromatic nitrogens is 3. The first kappa shape index (κ1) is 20.9. The third-order valence-electron chi connectivity index (χ3n) is 4.03. The van der Waals surface area contributed by atoms with Crippen LogP contribution in [0.15, 0.2) is 69.2 Å². The van der Waals surface area contributed by atoms with E-state index in [0.29, 0.717) is 27.1 Å². The lowest BCUT2D eigenvalue weighted by atomic mass is 10.3. The Hall–Kier alpha value is -2.40. The van der Waals surface area contributed by atoms with Crippen LogP contribution in [0.5, 0.6) is 0 Å². The van der Waals surface area contributed by atoms with E-state index in [1.54, 1.807) is 12.1 Å². The summed E-state index contributed by atoms with van der Waals surface area (Å²) in [4.78, 5) is 18.1. The number of sulfonamides is 1. The van der Waals surface area contributed by atoms with Crippen molar-refractivity contribution in [1.29, 1.82) is 0 Å². The van der Waals surface area contributed by atoms with Gasteiger partial charge in [-0.15, -0.1) is 11.8 Å². The minimum Gasteiger partial charge on any atom is -0.278 e. The summed E-state index contributed by atoms with van der Waals surface area (Å²) < 4.78 is 29.3. The second kappa shape index (κ2) is 8.38. The molecule has 0 radical (unpaired) electrons. The Kier molecular flexibility index (Phi) is 5.83. The molecule has 0 aliphatic carbocycles. The molecule has 0 fully saturated rings. The molecule has 0 atom stereocenters. The zero-order valence-corrected chi connectivity index (χ0v) is 18.8. The summed E-state index contributed by atoms with van der Waals surface area (Å²) in [5.74, 6) is 0.405. The molecule has 2 aromatic heterocycles. The van der Waals surface area contributed by atoms with Gasteiger partial charge in [-0.25, -0.2) is 13.4 Å². The first-order chi connectivity index (χ1) is 14.3. The Bertz CT molecular complexity index is 1380. The molecule has 0 bridgehead atoms.